The van der Waals surface area contributed by atoms with Crippen LogP contribution in [0.5, 0.6) is 5.75 Å². The Kier molecular flexibility index (Phi) is 4.23. The van der Waals surface area contributed by atoms with E-state index in [1.54, 1.807) is 12.1 Å². The average molecular weight is 363 g/mol. The van der Waals surface area contributed by atoms with Gasteiger partial charge in [0.15, 0.2) is 0 Å². The lowest BCUT2D eigenvalue weighted by atomic mass is 9.93. The summed E-state index contributed by atoms with van der Waals surface area (Å²) in [5.74, 6) is 0.0607. The van der Waals surface area contributed by atoms with Gasteiger partial charge in [-0.1, -0.05) is 54.1 Å². The Morgan fingerprint density at radius 1 is 0.923 bits per heavy atom. The normalized spacial score (nSPS) is 11.0. The maximum Gasteiger partial charge on any atom is 0.344 e. The molecule has 1 heterocycles. The number of rotatable bonds is 3. The lowest BCUT2D eigenvalue weighted by Gasteiger charge is -2.12. The molecule has 0 aliphatic carbocycles. The third kappa shape index (κ3) is 3.09. The van der Waals surface area contributed by atoms with E-state index < -0.39 is 5.63 Å². The highest BCUT2D eigenvalue weighted by Crippen LogP contribution is 2.31. The van der Waals surface area contributed by atoms with E-state index in [1.807, 2.05) is 54.6 Å². The van der Waals surface area contributed by atoms with E-state index >= 15 is 0 Å². The van der Waals surface area contributed by atoms with Crippen LogP contribution in [0, 0.1) is 0 Å². The van der Waals surface area contributed by atoms with Crippen molar-refractivity contribution in [1.82, 2.24) is 0 Å². The fourth-order valence-corrected chi connectivity index (χ4v) is 3.27. The van der Waals surface area contributed by atoms with Crippen LogP contribution in [-0.4, -0.2) is 5.11 Å². The third-order valence-corrected chi connectivity index (χ3v) is 4.61. The Bertz CT molecular complexity index is 1130. The van der Waals surface area contributed by atoms with Crippen molar-refractivity contribution in [3.8, 4) is 16.9 Å². The highest BCUT2D eigenvalue weighted by molar-refractivity contribution is 6.30. The van der Waals surface area contributed by atoms with Gasteiger partial charge in [0.1, 0.15) is 11.3 Å². The molecule has 0 amide bonds. The first-order chi connectivity index (χ1) is 12.6. The number of halogens is 1. The van der Waals surface area contributed by atoms with E-state index in [1.165, 1.54) is 6.07 Å². The highest BCUT2D eigenvalue weighted by Gasteiger charge is 2.17. The number of aromatic hydroxyl groups is 1. The average Bonchev–Trinajstić information content (AvgIpc) is 2.64. The Morgan fingerprint density at radius 2 is 1.65 bits per heavy atom. The van der Waals surface area contributed by atoms with Crippen molar-refractivity contribution >= 4 is 22.6 Å². The van der Waals surface area contributed by atoms with Crippen LogP contribution in [0.4, 0.5) is 0 Å². The summed E-state index contributed by atoms with van der Waals surface area (Å²) in [6.45, 7) is 0. The molecule has 0 aliphatic rings. The smallest absolute Gasteiger partial charge is 0.344 e. The van der Waals surface area contributed by atoms with Crippen LogP contribution in [0.15, 0.2) is 82.0 Å². The quantitative estimate of drug-likeness (QED) is 0.496. The fourth-order valence-electron chi connectivity index (χ4n) is 3.14. The van der Waals surface area contributed by atoms with Crippen LogP contribution in [0.3, 0.4) is 0 Å². The van der Waals surface area contributed by atoms with Crippen LogP contribution < -0.4 is 5.63 Å². The maximum absolute atomic E-state index is 12.7. The molecule has 4 aromatic rings. The maximum atomic E-state index is 12.7. The van der Waals surface area contributed by atoms with Gasteiger partial charge in [-0.25, -0.2) is 4.79 Å². The van der Waals surface area contributed by atoms with Gasteiger partial charge in [0, 0.05) is 16.5 Å². The van der Waals surface area contributed by atoms with Gasteiger partial charge in [-0.3, -0.25) is 0 Å². The second-order valence-corrected chi connectivity index (χ2v) is 6.53. The minimum Gasteiger partial charge on any atom is -0.508 e. The van der Waals surface area contributed by atoms with Gasteiger partial charge in [0.05, 0.1) is 5.56 Å². The summed E-state index contributed by atoms with van der Waals surface area (Å²) in [4.78, 5) is 12.7. The molecule has 0 radical (unpaired) electrons. The van der Waals surface area contributed by atoms with Crippen molar-refractivity contribution in [2.75, 3.05) is 0 Å². The molecular weight excluding hydrogens is 348 g/mol. The molecular formula is C22H15ClO3. The molecule has 0 aliphatic heterocycles. The summed E-state index contributed by atoms with van der Waals surface area (Å²) in [5, 5.41) is 11.2. The summed E-state index contributed by atoms with van der Waals surface area (Å²) in [6, 6.07) is 21.9. The largest absolute Gasteiger partial charge is 0.508 e. The predicted octanol–water partition coefficient (Wildman–Crippen LogP) is 5.41. The first kappa shape index (κ1) is 16.4. The number of fused-ring (bicyclic) bond motifs is 1. The van der Waals surface area contributed by atoms with Crippen LogP contribution in [0.25, 0.3) is 22.1 Å². The molecule has 1 N–H and O–H groups in total. The summed E-state index contributed by atoms with van der Waals surface area (Å²) in [7, 11) is 0. The van der Waals surface area contributed by atoms with Crippen LogP contribution in [-0.2, 0) is 6.42 Å². The summed E-state index contributed by atoms with van der Waals surface area (Å²) in [6.07, 6.45) is 0.550. The van der Waals surface area contributed by atoms with Crippen molar-refractivity contribution in [1.29, 1.82) is 0 Å². The summed E-state index contributed by atoms with van der Waals surface area (Å²) in [5.41, 5.74) is 3.20. The molecule has 4 heteroatoms. The predicted molar refractivity (Wildman–Crippen MR) is 104 cm³/mol. The Balaban J connectivity index is 2.00. The third-order valence-electron chi connectivity index (χ3n) is 4.36. The fraction of sp³-hybridized carbons (Fsp3) is 0.0455. The standard InChI is InChI=1S/C22H15ClO3/c23-16-8-6-14(7-9-16)12-19-18-11-10-17(24)13-20(18)26-22(25)21(19)15-4-2-1-3-5-15/h1-11,13,24H,12H2. The van der Waals surface area contributed by atoms with Crippen molar-refractivity contribution in [2.45, 2.75) is 6.42 Å². The Hall–Kier alpha value is -3.04. The number of hydrogen-bond donors (Lipinski definition) is 1. The second kappa shape index (κ2) is 6.70. The van der Waals surface area contributed by atoms with Crippen molar-refractivity contribution < 1.29 is 9.52 Å². The van der Waals surface area contributed by atoms with E-state index in [0.717, 1.165) is 22.1 Å². The zero-order valence-electron chi connectivity index (χ0n) is 13.8. The van der Waals surface area contributed by atoms with Gasteiger partial charge in [-0.2, -0.15) is 0 Å². The van der Waals surface area contributed by atoms with Gasteiger partial charge in [0.25, 0.3) is 0 Å². The minimum absolute atomic E-state index is 0.0607. The van der Waals surface area contributed by atoms with Crippen LogP contribution >= 0.6 is 11.6 Å². The Morgan fingerprint density at radius 3 is 2.38 bits per heavy atom. The molecule has 0 fully saturated rings. The molecule has 0 atom stereocenters. The number of phenolic OH excluding ortho intramolecular Hbond substituents is 1. The minimum atomic E-state index is -0.418. The first-order valence-corrected chi connectivity index (χ1v) is 8.58. The molecule has 3 nitrogen and oxygen atoms in total. The van der Waals surface area contributed by atoms with Crippen molar-refractivity contribution in [2.24, 2.45) is 0 Å². The topological polar surface area (TPSA) is 50.4 Å². The van der Waals surface area contributed by atoms with Crippen LogP contribution in [0.1, 0.15) is 11.1 Å². The van der Waals surface area contributed by atoms with Crippen molar-refractivity contribution in [3.63, 3.8) is 0 Å². The molecule has 26 heavy (non-hydrogen) atoms. The number of benzene rings is 3. The summed E-state index contributed by atoms with van der Waals surface area (Å²) >= 11 is 5.99. The summed E-state index contributed by atoms with van der Waals surface area (Å²) < 4.78 is 5.49. The Labute approximate surface area is 155 Å². The van der Waals surface area contributed by atoms with Crippen LogP contribution in [0.2, 0.25) is 5.02 Å². The molecule has 0 saturated heterocycles. The monoisotopic (exact) mass is 362 g/mol. The van der Waals surface area contributed by atoms with E-state index in [4.69, 9.17) is 16.0 Å². The number of hydrogen-bond acceptors (Lipinski definition) is 3. The number of phenols is 1. The SMILES string of the molecule is O=c1oc2cc(O)ccc2c(Cc2ccc(Cl)cc2)c1-c1ccccc1. The molecule has 4 rings (SSSR count). The highest BCUT2D eigenvalue weighted by atomic mass is 35.5. The molecule has 0 unspecified atom stereocenters. The van der Waals surface area contributed by atoms with E-state index in [2.05, 4.69) is 0 Å². The van der Waals surface area contributed by atoms with E-state index in [0.29, 0.717) is 22.6 Å². The molecule has 3 aromatic carbocycles. The zero-order valence-corrected chi connectivity index (χ0v) is 14.5. The zero-order chi connectivity index (χ0) is 18.1. The lowest BCUT2D eigenvalue weighted by Crippen LogP contribution is -2.08. The van der Waals surface area contributed by atoms with Gasteiger partial charge in [-0.05, 0) is 47.4 Å². The molecule has 128 valence electrons. The van der Waals surface area contributed by atoms with Gasteiger partial charge in [0.2, 0.25) is 0 Å². The van der Waals surface area contributed by atoms with E-state index in [-0.39, 0.29) is 5.75 Å². The first-order valence-electron chi connectivity index (χ1n) is 8.20. The molecule has 0 bridgehead atoms. The van der Waals surface area contributed by atoms with Gasteiger partial charge >= 0.3 is 5.63 Å². The van der Waals surface area contributed by atoms with Gasteiger partial charge in [-0.15, -0.1) is 0 Å². The van der Waals surface area contributed by atoms with Crippen molar-refractivity contribution in [3.05, 3.63) is 99.4 Å². The molecule has 1 aromatic heterocycles. The van der Waals surface area contributed by atoms with Gasteiger partial charge < -0.3 is 9.52 Å². The molecule has 0 spiro atoms. The van der Waals surface area contributed by atoms with E-state index in [9.17, 15) is 9.90 Å². The lowest BCUT2D eigenvalue weighted by molar-refractivity contribution is 0.473. The second-order valence-electron chi connectivity index (χ2n) is 6.09. The molecule has 0 saturated carbocycles.